The number of aliphatic hydroxyl groups is 1. The van der Waals surface area contributed by atoms with Crippen LogP contribution >= 0.6 is 0 Å². The van der Waals surface area contributed by atoms with E-state index in [2.05, 4.69) is 5.32 Å². The van der Waals surface area contributed by atoms with Crippen molar-refractivity contribution in [2.45, 2.75) is 25.5 Å². The van der Waals surface area contributed by atoms with Gasteiger partial charge < -0.3 is 9.52 Å². The Morgan fingerprint density at radius 1 is 1.35 bits per heavy atom. The molecule has 104 valence electrons. The molecular weight excluding hydrogens is 264 g/mol. The van der Waals surface area contributed by atoms with Gasteiger partial charge in [-0.25, -0.2) is 4.79 Å². The lowest BCUT2D eigenvalue weighted by molar-refractivity contribution is -0.135. The minimum absolute atomic E-state index is 0.176. The Morgan fingerprint density at radius 3 is 2.85 bits per heavy atom. The van der Waals surface area contributed by atoms with E-state index in [1.165, 1.54) is 4.57 Å². The molecule has 0 bridgehead atoms. The van der Waals surface area contributed by atoms with Crippen LogP contribution in [0.4, 0.5) is 0 Å². The summed E-state index contributed by atoms with van der Waals surface area (Å²) in [4.78, 5) is 35.0. The van der Waals surface area contributed by atoms with Crippen molar-refractivity contribution in [1.29, 1.82) is 0 Å². The Bertz CT molecular complexity index is 758. The van der Waals surface area contributed by atoms with E-state index in [-0.39, 0.29) is 30.9 Å². The zero-order valence-electron chi connectivity index (χ0n) is 10.5. The average molecular weight is 276 g/mol. The van der Waals surface area contributed by atoms with Gasteiger partial charge in [-0.05, 0) is 12.5 Å². The number of hydrogen-bond acceptors (Lipinski definition) is 5. The number of aromatic nitrogens is 1. The second-order valence-corrected chi connectivity index (χ2v) is 4.63. The quantitative estimate of drug-likeness (QED) is 0.755. The van der Waals surface area contributed by atoms with Gasteiger partial charge in [0, 0.05) is 12.0 Å². The van der Waals surface area contributed by atoms with Crippen LogP contribution < -0.4 is 11.1 Å². The number of fused-ring (bicyclic) bond motifs is 1. The highest BCUT2D eigenvalue weighted by molar-refractivity contribution is 6.00. The minimum Gasteiger partial charge on any atom is -0.407 e. The van der Waals surface area contributed by atoms with Gasteiger partial charge in [0.2, 0.25) is 11.8 Å². The highest BCUT2D eigenvalue weighted by Crippen LogP contribution is 2.24. The van der Waals surface area contributed by atoms with Crippen LogP contribution in [0.25, 0.3) is 11.1 Å². The average Bonchev–Trinajstić information content (AvgIpc) is 2.75. The molecule has 7 nitrogen and oxygen atoms in total. The predicted octanol–water partition coefficient (Wildman–Crippen LogP) is 0.0645. The summed E-state index contributed by atoms with van der Waals surface area (Å²) in [5.41, 5.74) is 1.19. The molecule has 1 atom stereocenters. The molecule has 2 heterocycles. The highest BCUT2D eigenvalue weighted by Gasteiger charge is 2.31. The maximum absolute atomic E-state index is 12.0. The van der Waals surface area contributed by atoms with Crippen LogP contribution in [0.2, 0.25) is 0 Å². The zero-order valence-corrected chi connectivity index (χ0v) is 10.5. The lowest BCUT2D eigenvalue weighted by Gasteiger charge is -2.21. The van der Waals surface area contributed by atoms with Gasteiger partial charge in [-0.3, -0.25) is 19.5 Å². The number of oxazole rings is 1. The summed E-state index contributed by atoms with van der Waals surface area (Å²) in [6.45, 7) is -0.264. The van der Waals surface area contributed by atoms with E-state index in [0.717, 1.165) is 0 Å². The Morgan fingerprint density at radius 2 is 2.15 bits per heavy atom. The fourth-order valence-corrected chi connectivity index (χ4v) is 2.46. The largest absolute Gasteiger partial charge is 0.420 e. The summed E-state index contributed by atoms with van der Waals surface area (Å²) in [7, 11) is 0. The van der Waals surface area contributed by atoms with E-state index < -0.39 is 17.7 Å². The van der Waals surface area contributed by atoms with Crippen molar-refractivity contribution in [2.75, 3.05) is 0 Å². The van der Waals surface area contributed by atoms with Crippen LogP contribution in [-0.2, 0) is 16.2 Å². The fraction of sp³-hybridized carbons (Fsp3) is 0.308. The van der Waals surface area contributed by atoms with Gasteiger partial charge in [-0.2, -0.15) is 0 Å². The number of imide groups is 1. The maximum Gasteiger partial charge on any atom is 0.420 e. The molecule has 2 aromatic rings. The fourth-order valence-electron chi connectivity index (χ4n) is 2.46. The van der Waals surface area contributed by atoms with Gasteiger partial charge in [0.05, 0.1) is 12.1 Å². The van der Waals surface area contributed by atoms with Crippen LogP contribution in [0.15, 0.2) is 27.4 Å². The Kier molecular flexibility index (Phi) is 2.90. The SMILES string of the molecule is O=C1CCC(n2c(=O)oc3c(CO)cccc32)C(=O)N1. The first-order valence-corrected chi connectivity index (χ1v) is 6.19. The third kappa shape index (κ3) is 1.83. The van der Waals surface area contributed by atoms with Crippen LogP contribution in [-0.4, -0.2) is 21.5 Å². The molecule has 1 aromatic heterocycles. The summed E-state index contributed by atoms with van der Waals surface area (Å²) in [6.07, 6.45) is 0.428. The molecule has 2 amide bonds. The molecule has 1 aliphatic rings. The molecule has 1 saturated heterocycles. The summed E-state index contributed by atoms with van der Waals surface area (Å²) < 4.78 is 6.36. The second-order valence-electron chi connectivity index (χ2n) is 4.63. The number of rotatable bonds is 2. The molecule has 0 aliphatic carbocycles. The number of benzene rings is 1. The summed E-state index contributed by atoms with van der Waals surface area (Å²) in [6, 6.07) is 4.18. The summed E-state index contributed by atoms with van der Waals surface area (Å²) >= 11 is 0. The first-order valence-electron chi connectivity index (χ1n) is 6.19. The van der Waals surface area contributed by atoms with Crippen molar-refractivity contribution >= 4 is 22.9 Å². The summed E-state index contributed by atoms with van der Waals surface area (Å²) in [5, 5.41) is 11.4. The Labute approximate surface area is 112 Å². The Balaban J connectivity index is 2.17. The van der Waals surface area contributed by atoms with Crippen molar-refractivity contribution in [2.24, 2.45) is 0 Å². The third-order valence-corrected chi connectivity index (χ3v) is 3.41. The molecule has 2 N–H and O–H groups in total. The number of nitrogens with zero attached hydrogens (tertiary/aromatic N) is 1. The number of amides is 2. The molecule has 0 saturated carbocycles. The van der Waals surface area contributed by atoms with Crippen molar-refractivity contribution in [3.05, 3.63) is 34.3 Å². The van der Waals surface area contributed by atoms with Crippen LogP contribution in [0.5, 0.6) is 0 Å². The van der Waals surface area contributed by atoms with Gasteiger partial charge in [0.25, 0.3) is 0 Å². The first-order chi connectivity index (χ1) is 9.61. The number of aliphatic hydroxyl groups excluding tert-OH is 1. The smallest absolute Gasteiger partial charge is 0.407 e. The molecule has 1 aromatic carbocycles. The van der Waals surface area contributed by atoms with Gasteiger partial charge in [0.1, 0.15) is 6.04 Å². The number of carbonyl (C=O) groups is 2. The van der Waals surface area contributed by atoms with Gasteiger partial charge in [-0.1, -0.05) is 12.1 Å². The number of para-hydroxylation sites is 1. The number of nitrogens with one attached hydrogen (secondary N) is 1. The Hall–Kier alpha value is -2.41. The lowest BCUT2D eigenvalue weighted by Crippen LogP contribution is -2.43. The highest BCUT2D eigenvalue weighted by atomic mass is 16.4. The van der Waals surface area contributed by atoms with Gasteiger partial charge in [0.15, 0.2) is 5.58 Å². The molecule has 7 heteroatoms. The van der Waals surface area contributed by atoms with Crippen molar-refractivity contribution < 1.29 is 19.1 Å². The monoisotopic (exact) mass is 276 g/mol. The molecule has 20 heavy (non-hydrogen) atoms. The second kappa shape index (κ2) is 4.61. The van der Waals surface area contributed by atoms with E-state index in [1.807, 2.05) is 0 Å². The van der Waals surface area contributed by atoms with Crippen molar-refractivity contribution in [3.63, 3.8) is 0 Å². The van der Waals surface area contributed by atoms with Crippen LogP contribution in [0.3, 0.4) is 0 Å². The summed E-state index contributed by atoms with van der Waals surface area (Å²) in [5.74, 6) is -1.53. The van der Waals surface area contributed by atoms with Crippen molar-refractivity contribution in [3.8, 4) is 0 Å². The molecular formula is C13H12N2O5. The normalized spacial score (nSPS) is 19.4. The number of carbonyl (C=O) groups excluding carboxylic acids is 2. The molecule has 1 aliphatic heterocycles. The van der Waals surface area contributed by atoms with E-state index in [1.54, 1.807) is 18.2 Å². The number of piperidine rings is 1. The third-order valence-electron chi connectivity index (χ3n) is 3.41. The van der Waals surface area contributed by atoms with E-state index >= 15 is 0 Å². The molecule has 0 spiro atoms. The molecule has 3 rings (SSSR count). The van der Waals surface area contributed by atoms with Gasteiger partial charge >= 0.3 is 5.76 Å². The zero-order chi connectivity index (χ0) is 14.3. The standard InChI is InChI=1S/C13H12N2O5/c16-6-7-2-1-3-8-11(7)20-13(19)15(8)9-4-5-10(17)14-12(9)18/h1-3,9,16H,4-6H2,(H,14,17,18). The maximum atomic E-state index is 12.0. The molecule has 1 fully saturated rings. The van der Waals surface area contributed by atoms with Crippen molar-refractivity contribution in [1.82, 2.24) is 9.88 Å². The van der Waals surface area contributed by atoms with E-state index in [0.29, 0.717) is 11.1 Å². The first kappa shape index (κ1) is 12.6. The molecule has 0 radical (unpaired) electrons. The van der Waals surface area contributed by atoms with Crippen LogP contribution in [0, 0.1) is 0 Å². The number of hydrogen-bond donors (Lipinski definition) is 2. The molecule has 1 unspecified atom stereocenters. The lowest BCUT2D eigenvalue weighted by atomic mass is 10.1. The van der Waals surface area contributed by atoms with Crippen LogP contribution in [0.1, 0.15) is 24.4 Å². The van der Waals surface area contributed by atoms with E-state index in [9.17, 15) is 19.5 Å². The topological polar surface area (TPSA) is 102 Å². The predicted molar refractivity (Wildman–Crippen MR) is 67.8 cm³/mol. The van der Waals surface area contributed by atoms with Gasteiger partial charge in [-0.15, -0.1) is 0 Å². The minimum atomic E-state index is -0.768. The van der Waals surface area contributed by atoms with E-state index in [4.69, 9.17) is 4.42 Å².